The molecule has 6 nitrogen and oxygen atoms in total. The summed E-state index contributed by atoms with van der Waals surface area (Å²) in [6.07, 6.45) is 0.778. The van der Waals surface area contributed by atoms with Gasteiger partial charge in [0.05, 0.1) is 14.2 Å². The van der Waals surface area contributed by atoms with E-state index >= 15 is 0 Å². The molecular formula is C25H33ClN2O4. The highest BCUT2D eigenvalue weighted by Crippen LogP contribution is 2.28. The van der Waals surface area contributed by atoms with Gasteiger partial charge in [0.15, 0.2) is 11.5 Å². The molecule has 0 saturated heterocycles. The summed E-state index contributed by atoms with van der Waals surface area (Å²) < 4.78 is 10.6. The number of hydrogen-bond acceptors (Lipinski definition) is 4. The highest BCUT2D eigenvalue weighted by molar-refractivity contribution is 6.30. The Bertz CT molecular complexity index is 923. The third kappa shape index (κ3) is 7.45. The van der Waals surface area contributed by atoms with Gasteiger partial charge < -0.3 is 19.7 Å². The van der Waals surface area contributed by atoms with Crippen molar-refractivity contribution in [1.29, 1.82) is 0 Å². The van der Waals surface area contributed by atoms with Gasteiger partial charge in [-0.2, -0.15) is 0 Å². The third-order valence-corrected chi connectivity index (χ3v) is 5.26. The monoisotopic (exact) mass is 460 g/mol. The first kappa shape index (κ1) is 25.5. The number of halogens is 1. The predicted octanol–water partition coefficient (Wildman–Crippen LogP) is 4.62. The van der Waals surface area contributed by atoms with Crippen molar-refractivity contribution in [2.75, 3.05) is 14.2 Å². The van der Waals surface area contributed by atoms with Crippen molar-refractivity contribution < 1.29 is 19.1 Å². The fraction of sp³-hybridized carbons (Fsp3) is 0.440. The van der Waals surface area contributed by atoms with Crippen molar-refractivity contribution in [3.05, 3.63) is 58.6 Å². The van der Waals surface area contributed by atoms with Crippen molar-refractivity contribution in [2.24, 2.45) is 0 Å². The minimum atomic E-state index is -0.622. The smallest absolute Gasteiger partial charge is 0.242 e. The lowest BCUT2D eigenvalue weighted by Gasteiger charge is -2.31. The molecule has 32 heavy (non-hydrogen) atoms. The minimum Gasteiger partial charge on any atom is -0.493 e. The Balaban J connectivity index is 2.18. The minimum absolute atomic E-state index is 0.105. The lowest BCUT2D eigenvalue weighted by molar-refractivity contribution is -0.141. The van der Waals surface area contributed by atoms with Gasteiger partial charge in [-0.1, -0.05) is 29.8 Å². The van der Waals surface area contributed by atoms with E-state index in [1.54, 1.807) is 38.2 Å². The third-order valence-electron chi connectivity index (χ3n) is 5.01. The van der Waals surface area contributed by atoms with Crippen LogP contribution in [0.5, 0.6) is 11.5 Å². The van der Waals surface area contributed by atoms with Gasteiger partial charge in [-0.25, -0.2) is 0 Å². The maximum atomic E-state index is 13.2. The number of methoxy groups -OCH3 is 2. The van der Waals surface area contributed by atoms with Gasteiger partial charge in [-0.05, 0) is 69.5 Å². The van der Waals surface area contributed by atoms with Crippen molar-refractivity contribution in [3.8, 4) is 11.5 Å². The molecule has 0 heterocycles. The molecule has 0 aliphatic heterocycles. The first-order chi connectivity index (χ1) is 15.0. The number of benzene rings is 2. The second kappa shape index (κ2) is 11.2. The molecule has 0 aromatic heterocycles. The van der Waals surface area contributed by atoms with Crippen LogP contribution in [0.4, 0.5) is 0 Å². The molecule has 0 saturated carbocycles. The Labute approximate surface area is 195 Å². The number of nitrogens with zero attached hydrogens (tertiary/aromatic N) is 1. The molecule has 7 heteroatoms. The molecule has 0 unspecified atom stereocenters. The summed E-state index contributed by atoms with van der Waals surface area (Å²) in [5.74, 6) is 0.963. The van der Waals surface area contributed by atoms with E-state index in [-0.39, 0.29) is 23.8 Å². The fourth-order valence-electron chi connectivity index (χ4n) is 3.27. The molecule has 2 aromatic rings. The molecule has 2 amide bonds. The Kier molecular flexibility index (Phi) is 8.96. The Morgan fingerprint density at radius 3 is 2.16 bits per heavy atom. The summed E-state index contributed by atoms with van der Waals surface area (Å²) in [4.78, 5) is 27.7. The van der Waals surface area contributed by atoms with Gasteiger partial charge in [-0.15, -0.1) is 0 Å². The van der Waals surface area contributed by atoms with E-state index in [0.717, 1.165) is 11.1 Å². The normalized spacial score (nSPS) is 12.1. The van der Waals surface area contributed by atoms with Crippen LogP contribution < -0.4 is 14.8 Å². The largest absolute Gasteiger partial charge is 0.493 e. The summed E-state index contributed by atoms with van der Waals surface area (Å²) >= 11 is 6.00. The van der Waals surface area contributed by atoms with Gasteiger partial charge >= 0.3 is 0 Å². The summed E-state index contributed by atoms with van der Waals surface area (Å²) in [6, 6.07) is 12.3. The molecule has 0 aliphatic carbocycles. The van der Waals surface area contributed by atoms with Crippen molar-refractivity contribution in [3.63, 3.8) is 0 Å². The summed E-state index contributed by atoms with van der Waals surface area (Å²) in [6.45, 7) is 7.83. The second-order valence-electron chi connectivity index (χ2n) is 8.75. The number of aryl methyl sites for hydroxylation is 1. The first-order valence-corrected chi connectivity index (χ1v) is 11.0. The molecule has 0 fully saturated rings. The number of amides is 2. The van der Waals surface area contributed by atoms with E-state index in [4.69, 9.17) is 21.1 Å². The van der Waals surface area contributed by atoms with E-state index in [9.17, 15) is 9.59 Å². The summed E-state index contributed by atoms with van der Waals surface area (Å²) in [5, 5.41) is 3.59. The van der Waals surface area contributed by atoms with Gasteiger partial charge in [0.2, 0.25) is 11.8 Å². The highest BCUT2D eigenvalue weighted by atomic mass is 35.5. The molecule has 0 spiro atoms. The average Bonchev–Trinajstić information content (AvgIpc) is 2.75. The maximum absolute atomic E-state index is 13.2. The second-order valence-corrected chi connectivity index (χ2v) is 9.19. The van der Waals surface area contributed by atoms with E-state index in [1.165, 1.54) is 0 Å². The quantitative estimate of drug-likeness (QED) is 0.592. The SMILES string of the molecule is COc1ccc(CCC(=O)N(Cc2ccc(Cl)cc2)[C@@H](C)C(=O)NC(C)(C)C)cc1OC. The number of nitrogens with one attached hydrogen (secondary N) is 1. The zero-order valence-electron chi connectivity index (χ0n) is 19.7. The molecule has 174 valence electrons. The number of ether oxygens (including phenoxy) is 2. The fourth-order valence-corrected chi connectivity index (χ4v) is 3.40. The molecule has 1 N–H and O–H groups in total. The summed E-state index contributed by atoms with van der Waals surface area (Å²) in [7, 11) is 3.16. The molecule has 2 rings (SSSR count). The number of hydrogen-bond donors (Lipinski definition) is 1. The van der Waals surface area contributed by atoms with Gasteiger partial charge in [0, 0.05) is 23.5 Å². The molecule has 1 atom stereocenters. The lowest BCUT2D eigenvalue weighted by Crippen LogP contribution is -2.52. The molecule has 0 bridgehead atoms. The molecule has 2 aromatic carbocycles. The van der Waals surface area contributed by atoms with Gasteiger partial charge in [-0.3, -0.25) is 9.59 Å². The standard InChI is InChI=1S/C25H33ClN2O4/c1-17(24(30)27-25(2,3)4)28(16-19-7-11-20(26)12-8-19)23(29)14-10-18-9-13-21(31-5)22(15-18)32-6/h7-9,11-13,15,17H,10,14,16H2,1-6H3,(H,27,30)/t17-/m0/s1. The van der Waals surface area contributed by atoms with Crippen LogP contribution in [0.3, 0.4) is 0 Å². The average molecular weight is 461 g/mol. The molecule has 0 radical (unpaired) electrons. The van der Waals surface area contributed by atoms with Crippen LogP contribution in [-0.2, 0) is 22.6 Å². The lowest BCUT2D eigenvalue weighted by atomic mass is 10.1. The van der Waals surface area contributed by atoms with Crippen LogP contribution >= 0.6 is 11.6 Å². The van der Waals surface area contributed by atoms with Crippen LogP contribution in [0.25, 0.3) is 0 Å². The first-order valence-electron chi connectivity index (χ1n) is 10.6. The van der Waals surface area contributed by atoms with Crippen LogP contribution in [0.15, 0.2) is 42.5 Å². The van der Waals surface area contributed by atoms with Crippen LogP contribution in [0.2, 0.25) is 5.02 Å². The van der Waals surface area contributed by atoms with E-state index in [2.05, 4.69) is 5.32 Å². The van der Waals surface area contributed by atoms with E-state index in [0.29, 0.717) is 29.5 Å². The summed E-state index contributed by atoms with van der Waals surface area (Å²) in [5.41, 5.74) is 1.47. The zero-order valence-corrected chi connectivity index (χ0v) is 20.5. The number of carbonyl (C=O) groups is 2. The number of carbonyl (C=O) groups excluding carboxylic acids is 2. The Morgan fingerprint density at radius 2 is 1.59 bits per heavy atom. The highest BCUT2D eigenvalue weighted by Gasteiger charge is 2.28. The van der Waals surface area contributed by atoms with Crippen molar-refractivity contribution in [2.45, 2.75) is 58.7 Å². The van der Waals surface area contributed by atoms with Crippen LogP contribution in [-0.4, -0.2) is 42.5 Å². The molecular weight excluding hydrogens is 428 g/mol. The molecule has 0 aliphatic rings. The van der Waals surface area contributed by atoms with Crippen LogP contribution in [0.1, 0.15) is 45.2 Å². The topological polar surface area (TPSA) is 67.9 Å². The zero-order chi connectivity index (χ0) is 23.9. The van der Waals surface area contributed by atoms with Gasteiger partial charge in [0.1, 0.15) is 6.04 Å². The predicted molar refractivity (Wildman–Crippen MR) is 127 cm³/mol. The van der Waals surface area contributed by atoms with E-state index < -0.39 is 6.04 Å². The van der Waals surface area contributed by atoms with E-state index in [1.807, 2.05) is 51.1 Å². The number of rotatable bonds is 9. The van der Waals surface area contributed by atoms with Crippen molar-refractivity contribution in [1.82, 2.24) is 10.2 Å². The Morgan fingerprint density at radius 1 is 1.00 bits per heavy atom. The van der Waals surface area contributed by atoms with Gasteiger partial charge in [0.25, 0.3) is 0 Å². The Hall–Kier alpha value is -2.73. The van der Waals surface area contributed by atoms with Crippen LogP contribution in [0, 0.1) is 0 Å². The van der Waals surface area contributed by atoms with Crippen molar-refractivity contribution >= 4 is 23.4 Å². The maximum Gasteiger partial charge on any atom is 0.242 e.